The van der Waals surface area contributed by atoms with Gasteiger partial charge in [-0.1, -0.05) is 18.2 Å². The van der Waals surface area contributed by atoms with Crippen LogP contribution in [-0.2, 0) is 16.6 Å². The summed E-state index contributed by atoms with van der Waals surface area (Å²) in [5.74, 6) is 1.54. The van der Waals surface area contributed by atoms with Crippen molar-refractivity contribution in [2.75, 3.05) is 39.9 Å². The van der Waals surface area contributed by atoms with Gasteiger partial charge in [0.15, 0.2) is 0 Å². The first-order valence-electron chi connectivity index (χ1n) is 9.12. The van der Waals surface area contributed by atoms with Crippen LogP contribution in [0.3, 0.4) is 0 Å². The van der Waals surface area contributed by atoms with Crippen molar-refractivity contribution in [3.63, 3.8) is 0 Å². The number of ether oxygens (including phenoxy) is 2. The fraction of sp³-hybridized carbons (Fsp3) is 0.400. The Kier molecular flexibility index (Phi) is 6.36. The molecule has 1 aliphatic heterocycles. The molecule has 0 N–H and O–H groups in total. The van der Waals surface area contributed by atoms with Gasteiger partial charge in [-0.2, -0.15) is 4.31 Å². The van der Waals surface area contributed by atoms with Gasteiger partial charge in [-0.15, -0.1) is 0 Å². The summed E-state index contributed by atoms with van der Waals surface area (Å²) in [6, 6.07) is 14.6. The molecule has 1 fully saturated rings. The second kappa shape index (κ2) is 8.73. The van der Waals surface area contributed by atoms with Crippen molar-refractivity contribution >= 4 is 10.0 Å². The Morgan fingerprint density at radius 1 is 0.963 bits per heavy atom. The van der Waals surface area contributed by atoms with Gasteiger partial charge in [-0.05, 0) is 37.3 Å². The number of hydrogen-bond acceptors (Lipinski definition) is 5. The SMILES string of the molecule is CCOc1ccc(S(=O)(=O)N2CCN(Cc3ccccc3OC)CC2)cc1. The highest BCUT2D eigenvalue weighted by Gasteiger charge is 2.28. The molecule has 0 unspecified atom stereocenters. The van der Waals surface area contributed by atoms with Crippen molar-refractivity contribution in [2.24, 2.45) is 0 Å². The first-order valence-corrected chi connectivity index (χ1v) is 10.6. The lowest BCUT2D eigenvalue weighted by molar-refractivity contribution is 0.180. The topological polar surface area (TPSA) is 59.1 Å². The largest absolute Gasteiger partial charge is 0.496 e. The normalized spacial score (nSPS) is 16.2. The predicted molar refractivity (Wildman–Crippen MR) is 105 cm³/mol. The van der Waals surface area contributed by atoms with Gasteiger partial charge in [0.1, 0.15) is 11.5 Å². The summed E-state index contributed by atoms with van der Waals surface area (Å²) >= 11 is 0. The van der Waals surface area contributed by atoms with E-state index in [1.165, 1.54) is 0 Å². The van der Waals surface area contributed by atoms with Crippen LogP contribution in [0.1, 0.15) is 12.5 Å². The van der Waals surface area contributed by atoms with Gasteiger partial charge in [-0.25, -0.2) is 8.42 Å². The Morgan fingerprint density at radius 2 is 1.63 bits per heavy atom. The van der Waals surface area contributed by atoms with E-state index in [9.17, 15) is 8.42 Å². The Bertz CT molecular complexity index is 845. The molecule has 0 radical (unpaired) electrons. The Balaban J connectivity index is 1.62. The molecule has 0 aliphatic carbocycles. The standard InChI is InChI=1S/C20H26N2O4S/c1-3-26-18-8-10-19(11-9-18)27(23,24)22-14-12-21(13-15-22)16-17-6-4-5-7-20(17)25-2/h4-11H,3,12-16H2,1-2H3. The third kappa shape index (κ3) is 4.61. The second-order valence-electron chi connectivity index (χ2n) is 6.40. The van der Waals surface area contributed by atoms with Crippen molar-refractivity contribution in [3.05, 3.63) is 54.1 Å². The van der Waals surface area contributed by atoms with Gasteiger partial charge in [0.05, 0.1) is 18.6 Å². The number of methoxy groups -OCH3 is 1. The van der Waals surface area contributed by atoms with E-state index in [1.54, 1.807) is 35.7 Å². The van der Waals surface area contributed by atoms with Crippen LogP contribution in [0.5, 0.6) is 11.5 Å². The van der Waals surface area contributed by atoms with Gasteiger partial charge in [0.25, 0.3) is 0 Å². The molecule has 27 heavy (non-hydrogen) atoms. The minimum atomic E-state index is -3.48. The third-order valence-electron chi connectivity index (χ3n) is 4.69. The van der Waals surface area contributed by atoms with Crippen LogP contribution in [0.2, 0.25) is 0 Å². The molecule has 0 aromatic heterocycles. The number of sulfonamides is 1. The average molecular weight is 391 g/mol. The maximum Gasteiger partial charge on any atom is 0.243 e. The van der Waals surface area contributed by atoms with Crippen LogP contribution >= 0.6 is 0 Å². The number of para-hydroxylation sites is 1. The molecule has 1 saturated heterocycles. The predicted octanol–water partition coefficient (Wildman–Crippen LogP) is 2.60. The van der Waals surface area contributed by atoms with Crippen molar-refractivity contribution in [1.82, 2.24) is 9.21 Å². The average Bonchev–Trinajstić information content (AvgIpc) is 2.69. The van der Waals surface area contributed by atoms with Gasteiger partial charge < -0.3 is 9.47 Å². The van der Waals surface area contributed by atoms with Gasteiger partial charge in [-0.3, -0.25) is 4.90 Å². The molecule has 0 saturated carbocycles. The van der Waals surface area contributed by atoms with Crippen molar-refractivity contribution < 1.29 is 17.9 Å². The lowest BCUT2D eigenvalue weighted by Crippen LogP contribution is -2.48. The molecule has 146 valence electrons. The first kappa shape index (κ1) is 19.7. The van der Waals surface area contributed by atoms with Crippen LogP contribution in [0.15, 0.2) is 53.4 Å². The van der Waals surface area contributed by atoms with Crippen LogP contribution in [0.4, 0.5) is 0 Å². The molecule has 0 atom stereocenters. The minimum absolute atomic E-state index is 0.309. The van der Waals surface area contributed by atoms with E-state index >= 15 is 0 Å². The lowest BCUT2D eigenvalue weighted by atomic mass is 10.2. The Hall–Kier alpha value is -2.09. The fourth-order valence-electron chi connectivity index (χ4n) is 3.23. The summed E-state index contributed by atoms with van der Waals surface area (Å²) in [5, 5.41) is 0. The van der Waals surface area contributed by atoms with Crippen LogP contribution in [0.25, 0.3) is 0 Å². The molecule has 0 amide bonds. The number of rotatable bonds is 7. The number of nitrogens with zero attached hydrogens (tertiary/aromatic N) is 2. The Morgan fingerprint density at radius 3 is 2.26 bits per heavy atom. The van der Waals surface area contributed by atoms with E-state index in [2.05, 4.69) is 4.90 Å². The molecule has 2 aromatic rings. The molecule has 0 bridgehead atoms. The van der Waals surface area contributed by atoms with E-state index in [0.717, 1.165) is 17.9 Å². The highest BCUT2D eigenvalue weighted by atomic mass is 32.2. The van der Waals surface area contributed by atoms with Crippen LogP contribution in [-0.4, -0.2) is 57.5 Å². The summed E-state index contributed by atoms with van der Waals surface area (Å²) in [6.07, 6.45) is 0. The number of benzene rings is 2. The molecule has 2 aromatic carbocycles. The minimum Gasteiger partial charge on any atom is -0.496 e. The van der Waals surface area contributed by atoms with Crippen LogP contribution in [0, 0.1) is 0 Å². The summed E-state index contributed by atoms with van der Waals surface area (Å²) in [5.41, 5.74) is 1.11. The van der Waals surface area contributed by atoms with Crippen molar-refractivity contribution in [1.29, 1.82) is 0 Å². The molecule has 6 nitrogen and oxygen atoms in total. The smallest absolute Gasteiger partial charge is 0.243 e. The zero-order valence-corrected chi connectivity index (χ0v) is 16.6. The number of hydrogen-bond donors (Lipinski definition) is 0. The van der Waals surface area contributed by atoms with E-state index in [-0.39, 0.29) is 0 Å². The first-order chi connectivity index (χ1) is 13.0. The molecular weight excluding hydrogens is 364 g/mol. The highest BCUT2D eigenvalue weighted by molar-refractivity contribution is 7.89. The molecule has 1 aliphatic rings. The van der Waals surface area contributed by atoms with E-state index in [1.807, 2.05) is 31.2 Å². The third-order valence-corrected chi connectivity index (χ3v) is 6.60. The summed E-state index contributed by atoms with van der Waals surface area (Å²) in [7, 11) is -1.81. The highest BCUT2D eigenvalue weighted by Crippen LogP contribution is 2.23. The van der Waals surface area contributed by atoms with Gasteiger partial charge in [0.2, 0.25) is 10.0 Å². The molecule has 7 heteroatoms. The zero-order valence-electron chi connectivity index (χ0n) is 15.8. The van der Waals surface area contributed by atoms with Gasteiger partial charge in [0, 0.05) is 38.3 Å². The zero-order chi connectivity index (χ0) is 19.3. The number of piperazine rings is 1. The van der Waals surface area contributed by atoms with Crippen molar-refractivity contribution in [2.45, 2.75) is 18.4 Å². The summed E-state index contributed by atoms with van der Waals surface area (Å²) in [4.78, 5) is 2.56. The van der Waals surface area contributed by atoms with E-state index < -0.39 is 10.0 Å². The van der Waals surface area contributed by atoms with Gasteiger partial charge >= 0.3 is 0 Å². The van der Waals surface area contributed by atoms with Crippen LogP contribution < -0.4 is 9.47 Å². The summed E-state index contributed by atoms with van der Waals surface area (Å²) < 4.78 is 38.1. The Labute approximate surface area is 161 Å². The maximum atomic E-state index is 12.9. The summed E-state index contributed by atoms with van der Waals surface area (Å²) in [6.45, 7) is 5.54. The second-order valence-corrected chi connectivity index (χ2v) is 8.33. The molecule has 3 rings (SSSR count). The molecule has 1 heterocycles. The van der Waals surface area contributed by atoms with Crippen molar-refractivity contribution in [3.8, 4) is 11.5 Å². The lowest BCUT2D eigenvalue weighted by Gasteiger charge is -2.34. The monoisotopic (exact) mass is 390 g/mol. The molecule has 0 spiro atoms. The maximum absolute atomic E-state index is 12.9. The van der Waals surface area contributed by atoms with E-state index in [4.69, 9.17) is 9.47 Å². The fourth-order valence-corrected chi connectivity index (χ4v) is 4.65. The van der Waals surface area contributed by atoms with E-state index in [0.29, 0.717) is 43.4 Å². The quantitative estimate of drug-likeness (QED) is 0.727. The molecular formula is C20H26N2O4S.